The summed E-state index contributed by atoms with van der Waals surface area (Å²) in [6.45, 7) is 0. The third-order valence-electron chi connectivity index (χ3n) is 4.32. The number of nitrogens with zero attached hydrogens (tertiary/aromatic N) is 2. The Morgan fingerprint density at radius 2 is 1.72 bits per heavy atom. The van der Waals surface area contributed by atoms with Gasteiger partial charge >= 0.3 is 5.97 Å². The van der Waals surface area contributed by atoms with Gasteiger partial charge in [0.15, 0.2) is 5.78 Å². The molecule has 0 saturated heterocycles. The van der Waals surface area contributed by atoms with Crippen LogP contribution in [-0.2, 0) is 0 Å². The number of hydrogen-bond acceptors (Lipinski definition) is 4. The highest BCUT2D eigenvalue weighted by molar-refractivity contribution is 6.07. The Morgan fingerprint density at radius 3 is 2.41 bits per heavy atom. The number of aromatic nitrogens is 2. The van der Waals surface area contributed by atoms with E-state index in [2.05, 4.69) is 5.10 Å². The van der Waals surface area contributed by atoms with Crippen LogP contribution in [0.5, 0.6) is 0 Å². The lowest BCUT2D eigenvalue weighted by Crippen LogP contribution is -1.94. The first kappa shape index (κ1) is 18.2. The van der Waals surface area contributed by atoms with Crippen molar-refractivity contribution in [2.24, 2.45) is 0 Å². The van der Waals surface area contributed by atoms with E-state index in [-0.39, 0.29) is 11.5 Å². The van der Waals surface area contributed by atoms with E-state index in [1.807, 2.05) is 36.5 Å². The Labute approximate surface area is 166 Å². The fraction of sp³-hybridized carbons (Fsp3) is 0. The molecule has 0 radical (unpaired) electrons. The fourth-order valence-corrected chi connectivity index (χ4v) is 2.82. The third-order valence-corrected chi connectivity index (χ3v) is 4.32. The molecule has 2 aromatic carbocycles. The van der Waals surface area contributed by atoms with Gasteiger partial charge < -0.3 is 9.52 Å². The number of aromatic carboxylic acids is 1. The lowest BCUT2D eigenvalue weighted by atomic mass is 10.1. The second-order valence-corrected chi connectivity index (χ2v) is 6.30. The highest BCUT2D eigenvalue weighted by Crippen LogP contribution is 2.23. The first-order valence-corrected chi connectivity index (χ1v) is 8.86. The zero-order valence-corrected chi connectivity index (χ0v) is 15.2. The van der Waals surface area contributed by atoms with Gasteiger partial charge in [0, 0.05) is 22.9 Å². The first-order chi connectivity index (χ1) is 14.1. The molecule has 0 fully saturated rings. The van der Waals surface area contributed by atoms with E-state index in [1.165, 1.54) is 12.1 Å². The average molecular weight is 384 g/mol. The number of furan rings is 1. The van der Waals surface area contributed by atoms with Crippen LogP contribution in [0.25, 0.3) is 23.1 Å². The molecule has 6 heteroatoms. The van der Waals surface area contributed by atoms with Crippen molar-refractivity contribution in [3.63, 3.8) is 0 Å². The van der Waals surface area contributed by atoms with Gasteiger partial charge in [-0.05, 0) is 36.4 Å². The molecular formula is C23H16N2O4. The Balaban J connectivity index is 1.46. The second-order valence-electron chi connectivity index (χ2n) is 6.30. The van der Waals surface area contributed by atoms with Crippen LogP contribution in [-0.4, -0.2) is 26.6 Å². The summed E-state index contributed by atoms with van der Waals surface area (Å²) in [7, 11) is 0. The third kappa shape index (κ3) is 4.06. The minimum atomic E-state index is -1.12. The van der Waals surface area contributed by atoms with Crippen molar-refractivity contribution < 1.29 is 19.1 Å². The summed E-state index contributed by atoms with van der Waals surface area (Å²) < 4.78 is 7.01. The summed E-state index contributed by atoms with van der Waals surface area (Å²) in [6, 6.07) is 19.5. The maximum atomic E-state index is 12.4. The molecule has 6 nitrogen and oxygen atoms in total. The van der Waals surface area contributed by atoms with Crippen molar-refractivity contribution >= 4 is 17.8 Å². The van der Waals surface area contributed by atoms with E-state index < -0.39 is 5.97 Å². The van der Waals surface area contributed by atoms with Gasteiger partial charge in [0.05, 0.1) is 11.9 Å². The molecule has 0 aliphatic heterocycles. The van der Waals surface area contributed by atoms with E-state index in [0.29, 0.717) is 16.9 Å². The number of allylic oxidation sites excluding steroid dienone is 1. The van der Waals surface area contributed by atoms with Crippen molar-refractivity contribution in [1.29, 1.82) is 0 Å². The van der Waals surface area contributed by atoms with Gasteiger partial charge in [-0.2, -0.15) is 5.10 Å². The summed E-state index contributed by atoms with van der Waals surface area (Å²) in [4.78, 5) is 23.3. The van der Waals surface area contributed by atoms with Gasteiger partial charge in [0.2, 0.25) is 5.76 Å². The van der Waals surface area contributed by atoms with Gasteiger partial charge in [-0.1, -0.05) is 42.5 Å². The lowest BCUT2D eigenvalue weighted by molar-refractivity contribution is 0.0663. The monoisotopic (exact) mass is 384 g/mol. The maximum absolute atomic E-state index is 12.4. The molecular weight excluding hydrogens is 368 g/mol. The molecule has 4 aromatic rings. The van der Waals surface area contributed by atoms with Crippen molar-refractivity contribution in [2.75, 3.05) is 0 Å². The molecule has 0 amide bonds. The topological polar surface area (TPSA) is 85.3 Å². The highest BCUT2D eigenvalue weighted by Gasteiger charge is 2.11. The van der Waals surface area contributed by atoms with Crippen LogP contribution in [0.15, 0.2) is 89.6 Å². The standard InChI is InChI=1S/C23H16N2O4/c26-20(11-6-16-14-24-25(15-16)19-4-2-1-3-5-19)17-7-9-18(10-8-17)21-12-13-22(29-21)23(27)28/h1-15H,(H,27,28). The molecule has 1 N–H and O–H groups in total. The van der Waals surface area contributed by atoms with Crippen LogP contribution in [0.1, 0.15) is 26.5 Å². The number of benzene rings is 2. The van der Waals surface area contributed by atoms with Gasteiger partial charge in [0.1, 0.15) is 5.76 Å². The maximum Gasteiger partial charge on any atom is 0.371 e. The predicted octanol–water partition coefficient (Wildman–Crippen LogP) is 4.73. The average Bonchev–Trinajstić information content (AvgIpc) is 3.43. The molecule has 0 aliphatic carbocycles. The largest absolute Gasteiger partial charge is 0.475 e. The summed E-state index contributed by atoms with van der Waals surface area (Å²) in [5.74, 6) is -0.956. The predicted molar refractivity (Wildman–Crippen MR) is 108 cm³/mol. The number of carbonyl (C=O) groups is 2. The highest BCUT2D eigenvalue weighted by atomic mass is 16.4. The smallest absolute Gasteiger partial charge is 0.371 e. The van der Waals surface area contributed by atoms with Crippen molar-refractivity contribution in [3.8, 4) is 17.0 Å². The van der Waals surface area contributed by atoms with Crippen LogP contribution >= 0.6 is 0 Å². The summed E-state index contributed by atoms with van der Waals surface area (Å²) in [5, 5.41) is 13.2. The minimum Gasteiger partial charge on any atom is -0.475 e. The zero-order chi connectivity index (χ0) is 20.2. The van der Waals surface area contributed by atoms with Crippen molar-refractivity contribution in [3.05, 3.63) is 102 Å². The van der Waals surface area contributed by atoms with Gasteiger partial charge in [-0.15, -0.1) is 0 Å². The number of para-hydroxylation sites is 1. The molecule has 29 heavy (non-hydrogen) atoms. The summed E-state index contributed by atoms with van der Waals surface area (Å²) in [5.41, 5.74) is 2.97. The number of hydrogen-bond donors (Lipinski definition) is 1. The van der Waals surface area contributed by atoms with E-state index in [1.54, 1.807) is 47.3 Å². The van der Waals surface area contributed by atoms with Gasteiger partial charge in [0.25, 0.3) is 0 Å². The Bertz CT molecular complexity index is 1190. The Hall–Kier alpha value is -4.19. The lowest BCUT2D eigenvalue weighted by Gasteiger charge is -1.99. The SMILES string of the molecule is O=C(C=Cc1cnn(-c2ccccc2)c1)c1ccc(-c2ccc(C(=O)O)o2)cc1. The van der Waals surface area contributed by atoms with E-state index in [9.17, 15) is 9.59 Å². The molecule has 142 valence electrons. The van der Waals surface area contributed by atoms with E-state index >= 15 is 0 Å². The number of ketones is 1. The molecule has 0 spiro atoms. The van der Waals surface area contributed by atoms with Crippen molar-refractivity contribution in [1.82, 2.24) is 9.78 Å². The van der Waals surface area contributed by atoms with Crippen molar-refractivity contribution in [2.45, 2.75) is 0 Å². The molecule has 0 aliphatic rings. The molecule has 0 atom stereocenters. The molecule has 4 rings (SSSR count). The van der Waals surface area contributed by atoms with Crippen LogP contribution < -0.4 is 0 Å². The summed E-state index contributed by atoms with van der Waals surface area (Å²) >= 11 is 0. The van der Waals surface area contributed by atoms with E-state index in [0.717, 1.165) is 11.3 Å². The molecule has 0 bridgehead atoms. The molecule has 2 aromatic heterocycles. The van der Waals surface area contributed by atoms with E-state index in [4.69, 9.17) is 9.52 Å². The Kier molecular flexibility index (Phi) is 4.90. The fourth-order valence-electron chi connectivity index (χ4n) is 2.82. The zero-order valence-electron chi connectivity index (χ0n) is 15.2. The molecule has 0 saturated carbocycles. The van der Waals surface area contributed by atoms with Gasteiger partial charge in [-0.3, -0.25) is 4.79 Å². The van der Waals surface area contributed by atoms with Crippen LogP contribution in [0.4, 0.5) is 0 Å². The number of carboxylic acid groups (broad SMARTS) is 1. The number of carbonyl (C=O) groups excluding carboxylic acids is 1. The second kappa shape index (κ2) is 7.82. The molecule has 2 heterocycles. The number of carboxylic acids is 1. The first-order valence-electron chi connectivity index (χ1n) is 8.86. The normalized spacial score (nSPS) is 11.0. The Morgan fingerprint density at radius 1 is 0.966 bits per heavy atom. The van der Waals surface area contributed by atoms with Crippen LogP contribution in [0.2, 0.25) is 0 Å². The number of rotatable bonds is 6. The minimum absolute atomic E-state index is 0.126. The van der Waals surface area contributed by atoms with Crippen LogP contribution in [0.3, 0.4) is 0 Å². The quantitative estimate of drug-likeness (QED) is 0.384. The van der Waals surface area contributed by atoms with Crippen LogP contribution in [0, 0.1) is 0 Å². The van der Waals surface area contributed by atoms with Gasteiger partial charge in [-0.25, -0.2) is 9.48 Å². The molecule has 0 unspecified atom stereocenters. The summed E-state index contributed by atoms with van der Waals surface area (Å²) in [6.07, 6.45) is 6.75.